The fraction of sp³-hybridized carbons (Fsp3) is 0.333. The number of hydrogen-bond donors (Lipinski definition) is 1. The lowest BCUT2D eigenvalue weighted by atomic mass is 10.2. The summed E-state index contributed by atoms with van der Waals surface area (Å²) in [4.78, 5) is 23.7. The van der Waals surface area contributed by atoms with Gasteiger partial charge in [-0.3, -0.25) is 9.59 Å². The molecule has 0 atom stereocenters. The number of nitrogens with zero attached hydrogens (tertiary/aromatic N) is 1. The number of aliphatic carboxylic acids is 1. The Morgan fingerprint density at radius 1 is 1.44 bits per heavy atom. The van der Waals surface area contributed by atoms with Crippen molar-refractivity contribution in [3.8, 4) is 0 Å². The number of carbonyl (C=O) groups is 2. The molecule has 0 heterocycles. The number of hydrogen-bond acceptors (Lipinski definition) is 2. The summed E-state index contributed by atoms with van der Waals surface area (Å²) in [5, 5.41) is 8.83. The molecule has 6 heteroatoms. The van der Waals surface area contributed by atoms with Crippen LogP contribution in [-0.4, -0.2) is 35.0 Å². The first-order chi connectivity index (χ1) is 8.45. The standard InChI is InChI=1S/C12H13ClFNO3/c1-2-15(6-5-11(16)17)12(18)9-7-8(13)3-4-10(9)14/h3-4,7H,2,5-6H2,1H3,(H,16,17). The van der Waals surface area contributed by atoms with Crippen molar-refractivity contribution in [3.05, 3.63) is 34.6 Å². The molecule has 1 amide bonds. The summed E-state index contributed by atoms with van der Waals surface area (Å²) < 4.78 is 13.5. The van der Waals surface area contributed by atoms with E-state index in [2.05, 4.69) is 0 Å². The molecule has 0 fully saturated rings. The van der Waals surface area contributed by atoms with Gasteiger partial charge in [0.25, 0.3) is 5.91 Å². The van der Waals surface area contributed by atoms with Crippen LogP contribution in [0.3, 0.4) is 0 Å². The summed E-state index contributed by atoms with van der Waals surface area (Å²) in [6, 6.07) is 3.70. The molecule has 0 aliphatic carbocycles. The predicted octanol–water partition coefficient (Wildman–Crippen LogP) is 2.42. The second-order valence-electron chi connectivity index (χ2n) is 3.65. The molecular weight excluding hydrogens is 261 g/mol. The molecule has 1 aromatic rings. The van der Waals surface area contributed by atoms with Crippen molar-refractivity contribution in [2.24, 2.45) is 0 Å². The number of benzene rings is 1. The number of halogens is 2. The summed E-state index contributed by atoms with van der Waals surface area (Å²) in [7, 11) is 0. The van der Waals surface area contributed by atoms with Crippen LogP contribution in [0.2, 0.25) is 5.02 Å². The van der Waals surface area contributed by atoms with E-state index in [9.17, 15) is 14.0 Å². The summed E-state index contributed by atoms with van der Waals surface area (Å²) in [6.07, 6.45) is -0.179. The Balaban J connectivity index is 2.89. The van der Waals surface area contributed by atoms with Gasteiger partial charge in [0.15, 0.2) is 0 Å². The van der Waals surface area contributed by atoms with Crippen LogP contribution in [0.1, 0.15) is 23.7 Å². The summed E-state index contributed by atoms with van der Waals surface area (Å²) in [5.41, 5.74) is -0.144. The van der Waals surface area contributed by atoms with Gasteiger partial charge in [-0.2, -0.15) is 0 Å². The Hall–Kier alpha value is -1.62. The highest BCUT2D eigenvalue weighted by Crippen LogP contribution is 2.16. The number of carboxylic acid groups (broad SMARTS) is 1. The van der Waals surface area contributed by atoms with Crippen molar-refractivity contribution in [3.63, 3.8) is 0 Å². The SMILES string of the molecule is CCN(CCC(=O)O)C(=O)c1cc(Cl)ccc1F. The van der Waals surface area contributed by atoms with E-state index in [0.29, 0.717) is 6.54 Å². The molecule has 98 valence electrons. The monoisotopic (exact) mass is 273 g/mol. The first kappa shape index (κ1) is 14.4. The fourth-order valence-corrected chi connectivity index (χ4v) is 1.64. The van der Waals surface area contributed by atoms with Crippen molar-refractivity contribution in [2.45, 2.75) is 13.3 Å². The van der Waals surface area contributed by atoms with Gasteiger partial charge in [0.1, 0.15) is 5.82 Å². The number of amides is 1. The van der Waals surface area contributed by atoms with Gasteiger partial charge in [0, 0.05) is 18.1 Å². The lowest BCUT2D eigenvalue weighted by Crippen LogP contribution is -2.33. The molecule has 0 aromatic heterocycles. The molecule has 0 spiro atoms. The van der Waals surface area contributed by atoms with Crippen molar-refractivity contribution in [2.75, 3.05) is 13.1 Å². The van der Waals surface area contributed by atoms with E-state index in [1.807, 2.05) is 0 Å². The summed E-state index contributed by atoms with van der Waals surface area (Å²) in [5.74, 6) is -2.23. The van der Waals surface area contributed by atoms with Gasteiger partial charge in [-0.25, -0.2) is 4.39 Å². The predicted molar refractivity (Wildman–Crippen MR) is 65.2 cm³/mol. The molecule has 0 saturated carbocycles. The minimum atomic E-state index is -1.01. The molecule has 0 radical (unpaired) electrons. The van der Waals surface area contributed by atoms with Gasteiger partial charge < -0.3 is 10.0 Å². The molecule has 0 bridgehead atoms. The molecule has 1 rings (SSSR count). The molecule has 0 aliphatic heterocycles. The number of rotatable bonds is 5. The van der Waals surface area contributed by atoms with E-state index in [4.69, 9.17) is 16.7 Å². The van der Waals surface area contributed by atoms with Crippen molar-refractivity contribution < 1.29 is 19.1 Å². The largest absolute Gasteiger partial charge is 0.481 e. The lowest BCUT2D eigenvalue weighted by molar-refractivity contribution is -0.137. The van der Waals surface area contributed by atoms with E-state index in [-0.39, 0.29) is 23.6 Å². The quantitative estimate of drug-likeness (QED) is 0.896. The average Bonchev–Trinajstić information content (AvgIpc) is 2.32. The van der Waals surface area contributed by atoms with Crippen LogP contribution in [0, 0.1) is 5.82 Å². The van der Waals surface area contributed by atoms with Crippen LogP contribution in [0.15, 0.2) is 18.2 Å². The van der Waals surface area contributed by atoms with E-state index < -0.39 is 17.7 Å². The molecule has 1 aromatic carbocycles. The smallest absolute Gasteiger partial charge is 0.305 e. The Labute approximate surface area is 109 Å². The third kappa shape index (κ3) is 3.70. The van der Waals surface area contributed by atoms with Gasteiger partial charge in [0.2, 0.25) is 0 Å². The van der Waals surface area contributed by atoms with E-state index in [1.165, 1.54) is 17.0 Å². The highest BCUT2D eigenvalue weighted by molar-refractivity contribution is 6.31. The van der Waals surface area contributed by atoms with Crippen LogP contribution in [-0.2, 0) is 4.79 Å². The maximum absolute atomic E-state index is 13.5. The number of carbonyl (C=O) groups excluding carboxylic acids is 1. The molecule has 1 N–H and O–H groups in total. The van der Waals surface area contributed by atoms with Crippen LogP contribution >= 0.6 is 11.6 Å². The molecule has 18 heavy (non-hydrogen) atoms. The van der Waals surface area contributed by atoms with Crippen LogP contribution in [0.5, 0.6) is 0 Å². The minimum absolute atomic E-state index is 0.0383. The lowest BCUT2D eigenvalue weighted by Gasteiger charge is -2.20. The average molecular weight is 274 g/mol. The Morgan fingerprint density at radius 3 is 2.67 bits per heavy atom. The van der Waals surface area contributed by atoms with Gasteiger partial charge in [-0.15, -0.1) is 0 Å². The zero-order valence-electron chi connectivity index (χ0n) is 9.82. The molecule has 0 aliphatic rings. The third-order valence-electron chi connectivity index (χ3n) is 2.42. The molecule has 0 saturated heterocycles. The Morgan fingerprint density at radius 2 is 2.11 bits per heavy atom. The van der Waals surface area contributed by atoms with Gasteiger partial charge >= 0.3 is 5.97 Å². The molecule has 4 nitrogen and oxygen atoms in total. The first-order valence-electron chi connectivity index (χ1n) is 5.41. The highest BCUT2D eigenvalue weighted by atomic mass is 35.5. The number of carboxylic acids is 1. The minimum Gasteiger partial charge on any atom is -0.481 e. The van der Waals surface area contributed by atoms with Crippen LogP contribution in [0.25, 0.3) is 0 Å². The fourth-order valence-electron chi connectivity index (χ4n) is 1.47. The molecular formula is C12H13ClFNO3. The third-order valence-corrected chi connectivity index (χ3v) is 2.66. The molecule has 0 unspecified atom stereocenters. The van der Waals surface area contributed by atoms with Crippen molar-refractivity contribution >= 4 is 23.5 Å². The van der Waals surface area contributed by atoms with Crippen LogP contribution < -0.4 is 0 Å². The zero-order valence-corrected chi connectivity index (χ0v) is 10.6. The van der Waals surface area contributed by atoms with Gasteiger partial charge in [-0.1, -0.05) is 11.6 Å². The zero-order chi connectivity index (χ0) is 13.7. The summed E-state index contributed by atoms with van der Waals surface area (Å²) in [6.45, 7) is 2.04. The Bertz CT molecular complexity index is 465. The van der Waals surface area contributed by atoms with Crippen molar-refractivity contribution in [1.82, 2.24) is 4.90 Å². The van der Waals surface area contributed by atoms with Gasteiger partial charge in [-0.05, 0) is 25.1 Å². The van der Waals surface area contributed by atoms with Crippen LogP contribution in [0.4, 0.5) is 4.39 Å². The van der Waals surface area contributed by atoms with Crippen molar-refractivity contribution in [1.29, 1.82) is 0 Å². The maximum Gasteiger partial charge on any atom is 0.305 e. The van der Waals surface area contributed by atoms with Gasteiger partial charge in [0.05, 0.1) is 12.0 Å². The maximum atomic E-state index is 13.5. The van der Waals surface area contributed by atoms with E-state index >= 15 is 0 Å². The van der Waals surface area contributed by atoms with E-state index in [0.717, 1.165) is 6.07 Å². The second-order valence-corrected chi connectivity index (χ2v) is 4.09. The van der Waals surface area contributed by atoms with E-state index in [1.54, 1.807) is 6.92 Å². The second kappa shape index (κ2) is 6.35. The summed E-state index contributed by atoms with van der Waals surface area (Å²) >= 11 is 5.70. The Kier molecular flexibility index (Phi) is 5.09. The normalized spacial score (nSPS) is 10.2. The topological polar surface area (TPSA) is 57.6 Å². The first-order valence-corrected chi connectivity index (χ1v) is 5.79. The highest BCUT2D eigenvalue weighted by Gasteiger charge is 2.19.